The van der Waals surface area contributed by atoms with Crippen molar-refractivity contribution in [3.63, 3.8) is 0 Å². The van der Waals surface area contributed by atoms with Gasteiger partial charge in [0.2, 0.25) is 15.9 Å². The van der Waals surface area contributed by atoms with Gasteiger partial charge in [0.05, 0.1) is 17.5 Å². The Balaban J connectivity index is 2.08. The highest BCUT2D eigenvalue weighted by Gasteiger charge is 2.24. The van der Waals surface area contributed by atoms with Gasteiger partial charge in [0.15, 0.2) is 0 Å². The lowest BCUT2D eigenvalue weighted by Gasteiger charge is -2.21. The van der Waals surface area contributed by atoms with Crippen LogP contribution in [-0.2, 0) is 14.8 Å². The first-order chi connectivity index (χ1) is 13.1. The fourth-order valence-corrected chi connectivity index (χ4v) is 4.56. The third-order valence-corrected chi connectivity index (χ3v) is 7.42. The molecule has 1 amide bonds. The minimum Gasteiger partial charge on any atom is -0.348 e. The van der Waals surface area contributed by atoms with Gasteiger partial charge in [-0.1, -0.05) is 12.1 Å². The van der Waals surface area contributed by atoms with E-state index in [1.165, 1.54) is 12.6 Å². The molecule has 1 atom stereocenters. The number of aryl methyl sites for hydroxylation is 3. The second-order valence-electron chi connectivity index (χ2n) is 7.02. The smallest absolute Gasteiger partial charge is 0.243 e. The van der Waals surface area contributed by atoms with Crippen molar-refractivity contribution < 1.29 is 13.2 Å². The van der Waals surface area contributed by atoms with Crippen molar-refractivity contribution in [3.8, 4) is 0 Å². The van der Waals surface area contributed by atoms with Crippen LogP contribution in [0.1, 0.15) is 35.2 Å². The molecular formula is C21H28N2O3S2. The zero-order chi connectivity index (χ0) is 21.1. The highest BCUT2D eigenvalue weighted by molar-refractivity contribution is 7.98. The molecule has 0 saturated heterocycles. The fraction of sp³-hybridized carbons (Fsp3) is 0.381. The molecule has 2 rings (SSSR count). The molecule has 2 aromatic carbocycles. The number of rotatable bonds is 7. The van der Waals surface area contributed by atoms with Crippen molar-refractivity contribution in [2.24, 2.45) is 0 Å². The summed E-state index contributed by atoms with van der Waals surface area (Å²) in [4.78, 5) is 13.6. The lowest BCUT2D eigenvalue weighted by molar-refractivity contribution is -0.121. The summed E-state index contributed by atoms with van der Waals surface area (Å²) in [6.07, 6.45) is 1.93. The van der Waals surface area contributed by atoms with Gasteiger partial charge >= 0.3 is 0 Å². The molecule has 0 fully saturated rings. The Hall–Kier alpha value is -1.83. The van der Waals surface area contributed by atoms with Gasteiger partial charge < -0.3 is 5.32 Å². The molecular weight excluding hydrogens is 392 g/mol. The highest BCUT2D eigenvalue weighted by Crippen LogP contribution is 2.22. The van der Waals surface area contributed by atoms with Gasteiger partial charge in [-0.05, 0) is 80.5 Å². The second-order valence-corrected chi connectivity index (χ2v) is 9.94. The average molecular weight is 421 g/mol. The number of nitrogens with one attached hydrogen (secondary N) is 1. The summed E-state index contributed by atoms with van der Waals surface area (Å²) < 4.78 is 26.5. The van der Waals surface area contributed by atoms with E-state index in [1.54, 1.807) is 36.0 Å². The number of carbonyl (C=O) groups excluding carboxylic acids is 1. The summed E-state index contributed by atoms with van der Waals surface area (Å²) in [5, 5.41) is 2.91. The van der Waals surface area contributed by atoms with Crippen LogP contribution >= 0.6 is 11.8 Å². The van der Waals surface area contributed by atoms with Crippen LogP contribution in [0.2, 0.25) is 0 Å². The summed E-state index contributed by atoms with van der Waals surface area (Å²) in [7, 11) is -2.30. The van der Waals surface area contributed by atoms with Gasteiger partial charge in [-0.25, -0.2) is 8.42 Å². The van der Waals surface area contributed by atoms with Crippen molar-refractivity contribution in [3.05, 3.63) is 58.7 Å². The minimum atomic E-state index is -3.72. The Kier molecular flexibility index (Phi) is 7.31. The van der Waals surface area contributed by atoms with Crippen LogP contribution in [0.5, 0.6) is 0 Å². The maximum atomic E-state index is 12.7. The maximum Gasteiger partial charge on any atom is 0.243 e. The lowest BCUT2D eigenvalue weighted by atomic mass is 9.96. The number of sulfonamides is 1. The lowest BCUT2D eigenvalue weighted by Crippen LogP contribution is -2.39. The molecule has 0 aliphatic heterocycles. The van der Waals surface area contributed by atoms with E-state index in [9.17, 15) is 13.2 Å². The Labute approximate surface area is 172 Å². The zero-order valence-corrected chi connectivity index (χ0v) is 18.9. The van der Waals surface area contributed by atoms with E-state index in [4.69, 9.17) is 0 Å². The van der Waals surface area contributed by atoms with E-state index < -0.39 is 10.0 Å². The molecule has 152 valence electrons. The van der Waals surface area contributed by atoms with Crippen LogP contribution in [0, 0.1) is 20.8 Å². The van der Waals surface area contributed by atoms with E-state index in [0.29, 0.717) is 0 Å². The van der Waals surface area contributed by atoms with Crippen molar-refractivity contribution >= 4 is 27.7 Å². The third-order valence-electron chi connectivity index (χ3n) is 4.86. The molecule has 2 aromatic rings. The summed E-state index contributed by atoms with van der Waals surface area (Å²) in [6.45, 7) is 7.78. The number of likely N-dealkylation sites (N-methyl/N-ethyl adjacent to an activating group) is 1. The van der Waals surface area contributed by atoms with Crippen molar-refractivity contribution in [1.82, 2.24) is 9.62 Å². The molecule has 0 radical (unpaired) electrons. The topological polar surface area (TPSA) is 66.5 Å². The number of hydrogen-bond acceptors (Lipinski definition) is 4. The van der Waals surface area contributed by atoms with E-state index in [0.717, 1.165) is 25.9 Å². The van der Waals surface area contributed by atoms with Crippen LogP contribution < -0.4 is 5.32 Å². The number of amides is 1. The maximum absolute atomic E-state index is 12.7. The van der Waals surface area contributed by atoms with Gasteiger partial charge in [-0.3, -0.25) is 4.79 Å². The summed E-state index contributed by atoms with van der Waals surface area (Å²) in [5.41, 5.74) is 4.51. The summed E-state index contributed by atoms with van der Waals surface area (Å²) >= 11 is 1.54. The Morgan fingerprint density at radius 3 is 2.21 bits per heavy atom. The first-order valence-corrected chi connectivity index (χ1v) is 11.7. The molecule has 0 spiro atoms. The monoisotopic (exact) mass is 420 g/mol. The first-order valence-electron chi connectivity index (χ1n) is 9.03. The third kappa shape index (κ3) is 5.16. The quantitative estimate of drug-likeness (QED) is 0.692. The molecule has 0 aromatic heterocycles. The SMILES string of the molecule is CSc1ccc(S(=O)(=O)N(C)CC(=O)N[C@@H](C)c2cc(C)c(C)cc2C)cc1. The number of hydrogen-bond donors (Lipinski definition) is 1. The summed E-state index contributed by atoms with van der Waals surface area (Å²) in [6, 6.07) is 10.6. The molecule has 5 nitrogen and oxygen atoms in total. The fourth-order valence-electron chi connectivity index (χ4n) is 3.03. The van der Waals surface area contributed by atoms with Crippen molar-refractivity contribution in [2.75, 3.05) is 19.8 Å². The average Bonchev–Trinajstić information content (AvgIpc) is 2.64. The molecule has 0 aliphatic rings. The molecule has 0 heterocycles. The van der Waals surface area contributed by atoms with Crippen LogP contribution in [0.25, 0.3) is 0 Å². The number of thioether (sulfide) groups is 1. The first kappa shape index (κ1) is 22.5. The number of carbonyl (C=O) groups is 1. The number of benzene rings is 2. The molecule has 0 unspecified atom stereocenters. The van der Waals surface area contributed by atoms with E-state index in [1.807, 2.05) is 27.0 Å². The molecule has 7 heteroatoms. The van der Waals surface area contributed by atoms with E-state index >= 15 is 0 Å². The second kappa shape index (κ2) is 9.11. The van der Waals surface area contributed by atoms with Crippen molar-refractivity contribution in [1.29, 1.82) is 0 Å². The number of nitrogens with zero attached hydrogens (tertiary/aromatic N) is 1. The van der Waals surface area contributed by atoms with Crippen LogP contribution in [0.15, 0.2) is 46.2 Å². The standard InChI is InChI=1S/C21H28N2O3S2/c1-14-11-16(3)20(12-15(14)2)17(4)22-21(24)13-23(5)28(25,26)19-9-7-18(27-6)8-10-19/h7-12,17H,13H2,1-6H3,(H,22,24)/t17-/m0/s1. The van der Waals surface area contributed by atoms with Gasteiger partial charge in [0, 0.05) is 11.9 Å². The zero-order valence-electron chi connectivity index (χ0n) is 17.2. The van der Waals surface area contributed by atoms with Crippen LogP contribution in [0.3, 0.4) is 0 Å². The summed E-state index contributed by atoms with van der Waals surface area (Å²) in [5.74, 6) is -0.336. The predicted octanol–water partition coefficient (Wildman–Crippen LogP) is 3.83. The minimum absolute atomic E-state index is 0.179. The van der Waals surface area contributed by atoms with Gasteiger partial charge in [-0.2, -0.15) is 4.31 Å². The Morgan fingerprint density at radius 1 is 1.07 bits per heavy atom. The molecule has 28 heavy (non-hydrogen) atoms. The highest BCUT2D eigenvalue weighted by atomic mass is 32.2. The normalized spacial score (nSPS) is 12.8. The largest absolute Gasteiger partial charge is 0.348 e. The molecule has 1 N–H and O–H groups in total. The van der Waals surface area contributed by atoms with Gasteiger partial charge in [0.25, 0.3) is 0 Å². The Morgan fingerprint density at radius 2 is 1.64 bits per heavy atom. The van der Waals surface area contributed by atoms with Gasteiger partial charge in [0.1, 0.15) is 0 Å². The van der Waals surface area contributed by atoms with Crippen LogP contribution in [0.4, 0.5) is 0 Å². The Bertz CT molecular complexity index is 954. The van der Waals surface area contributed by atoms with Gasteiger partial charge in [-0.15, -0.1) is 11.8 Å². The molecule has 0 aliphatic carbocycles. The van der Waals surface area contributed by atoms with E-state index in [-0.39, 0.29) is 23.4 Å². The predicted molar refractivity (Wildman–Crippen MR) is 115 cm³/mol. The molecule has 0 bridgehead atoms. The van der Waals surface area contributed by atoms with Crippen molar-refractivity contribution in [2.45, 2.75) is 43.5 Å². The molecule has 0 saturated carbocycles. The van der Waals surface area contributed by atoms with Crippen LogP contribution in [-0.4, -0.2) is 38.5 Å². The van der Waals surface area contributed by atoms with E-state index in [2.05, 4.69) is 24.4 Å².